The van der Waals surface area contributed by atoms with Crippen molar-refractivity contribution in [3.8, 4) is 11.3 Å². The molecule has 0 radical (unpaired) electrons. The molecular formula is C16H18N2. The van der Waals surface area contributed by atoms with E-state index in [0.29, 0.717) is 6.04 Å². The first-order valence-electron chi connectivity index (χ1n) is 6.66. The summed E-state index contributed by atoms with van der Waals surface area (Å²) in [4.78, 5) is 4.41. The molecule has 1 aliphatic rings. The maximum Gasteiger partial charge on any atom is 0.0702 e. The number of aromatic nitrogens is 1. The molecule has 1 atom stereocenters. The largest absolute Gasteiger partial charge is 0.310 e. The Morgan fingerprint density at radius 2 is 2.22 bits per heavy atom. The van der Waals surface area contributed by atoms with E-state index < -0.39 is 0 Å². The maximum atomic E-state index is 4.41. The van der Waals surface area contributed by atoms with E-state index in [1.54, 1.807) is 0 Å². The number of nitrogens with zero attached hydrogens (tertiary/aromatic N) is 1. The molecule has 2 nitrogen and oxygen atoms in total. The maximum absolute atomic E-state index is 4.41. The van der Waals surface area contributed by atoms with Gasteiger partial charge in [-0.2, -0.15) is 0 Å². The van der Waals surface area contributed by atoms with Gasteiger partial charge in [0, 0.05) is 17.8 Å². The molecule has 1 N–H and O–H groups in total. The van der Waals surface area contributed by atoms with Crippen LogP contribution in [0, 0.1) is 0 Å². The molecule has 1 unspecified atom stereocenters. The van der Waals surface area contributed by atoms with Gasteiger partial charge in [0.25, 0.3) is 0 Å². The van der Waals surface area contributed by atoms with Gasteiger partial charge in [0.1, 0.15) is 0 Å². The van der Waals surface area contributed by atoms with Crippen LogP contribution in [0.1, 0.15) is 30.5 Å². The zero-order valence-electron chi connectivity index (χ0n) is 10.7. The predicted octanol–water partition coefficient (Wildman–Crippen LogP) is 3.35. The molecule has 0 bridgehead atoms. The summed E-state index contributed by atoms with van der Waals surface area (Å²) in [6.45, 7) is 3.20. The van der Waals surface area contributed by atoms with E-state index in [2.05, 4.69) is 41.5 Å². The lowest BCUT2D eigenvalue weighted by atomic mass is 10.0. The molecule has 0 fully saturated rings. The van der Waals surface area contributed by atoms with E-state index >= 15 is 0 Å². The summed E-state index contributed by atoms with van der Waals surface area (Å²) >= 11 is 0. The number of nitrogens with one attached hydrogen (secondary N) is 1. The molecule has 2 heteroatoms. The fourth-order valence-electron chi connectivity index (χ4n) is 2.77. The van der Waals surface area contributed by atoms with Gasteiger partial charge in [-0.1, -0.05) is 25.1 Å². The van der Waals surface area contributed by atoms with Gasteiger partial charge in [-0.25, -0.2) is 0 Å². The normalized spacial score (nSPS) is 17.7. The van der Waals surface area contributed by atoms with Crippen LogP contribution in [0.5, 0.6) is 0 Å². The Kier molecular flexibility index (Phi) is 3.11. The molecule has 3 rings (SSSR count). The van der Waals surface area contributed by atoms with Crippen molar-refractivity contribution >= 4 is 0 Å². The van der Waals surface area contributed by atoms with Gasteiger partial charge >= 0.3 is 0 Å². The quantitative estimate of drug-likeness (QED) is 0.887. The van der Waals surface area contributed by atoms with Crippen molar-refractivity contribution in [3.63, 3.8) is 0 Å². The molecule has 1 aromatic heterocycles. The number of rotatable bonds is 3. The van der Waals surface area contributed by atoms with Gasteiger partial charge in [0.15, 0.2) is 0 Å². The van der Waals surface area contributed by atoms with Crippen molar-refractivity contribution in [3.05, 3.63) is 53.7 Å². The van der Waals surface area contributed by atoms with Crippen LogP contribution in [-0.2, 0) is 6.42 Å². The van der Waals surface area contributed by atoms with Gasteiger partial charge in [-0.05, 0) is 48.7 Å². The number of benzene rings is 1. The van der Waals surface area contributed by atoms with Crippen LogP contribution in [0.3, 0.4) is 0 Å². The van der Waals surface area contributed by atoms with E-state index in [4.69, 9.17) is 0 Å². The molecule has 18 heavy (non-hydrogen) atoms. The smallest absolute Gasteiger partial charge is 0.0702 e. The topological polar surface area (TPSA) is 24.9 Å². The van der Waals surface area contributed by atoms with Crippen molar-refractivity contribution in [1.82, 2.24) is 10.3 Å². The highest BCUT2D eigenvalue weighted by Crippen LogP contribution is 2.33. The first-order chi connectivity index (χ1) is 8.88. The Balaban J connectivity index is 1.94. The lowest BCUT2D eigenvalue weighted by Gasteiger charge is -2.12. The summed E-state index contributed by atoms with van der Waals surface area (Å²) in [7, 11) is 0. The van der Waals surface area contributed by atoms with E-state index in [1.807, 2.05) is 18.3 Å². The number of fused-ring (bicyclic) bond motifs is 1. The highest BCUT2D eigenvalue weighted by Gasteiger charge is 2.21. The van der Waals surface area contributed by atoms with E-state index in [-0.39, 0.29) is 0 Å². The summed E-state index contributed by atoms with van der Waals surface area (Å²) in [5, 5.41) is 3.54. The second-order valence-corrected chi connectivity index (χ2v) is 4.78. The number of hydrogen-bond acceptors (Lipinski definition) is 2. The van der Waals surface area contributed by atoms with Crippen molar-refractivity contribution in [2.24, 2.45) is 0 Å². The Hall–Kier alpha value is -1.67. The Bertz CT molecular complexity index is 534. The van der Waals surface area contributed by atoms with Crippen molar-refractivity contribution < 1.29 is 0 Å². The second-order valence-electron chi connectivity index (χ2n) is 4.78. The van der Waals surface area contributed by atoms with Crippen molar-refractivity contribution in [2.45, 2.75) is 25.8 Å². The highest BCUT2D eigenvalue weighted by atomic mass is 14.9. The van der Waals surface area contributed by atoms with Gasteiger partial charge < -0.3 is 5.32 Å². The van der Waals surface area contributed by atoms with Crippen LogP contribution in [0.4, 0.5) is 0 Å². The van der Waals surface area contributed by atoms with Gasteiger partial charge in [0.2, 0.25) is 0 Å². The third-order valence-electron chi connectivity index (χ3n) is 3.63. The fraction of sp³-hybridized carbons (Fsp3) is 0.312. The summed E-state index contributed by atoms with van der Waals surface area (Å²) in [6, 6.07) is 13.4. The molecular weight excluding hydrogens is 220 g/mol. The predicted molar refractivity (Wildman–Crippen MR) is 74.4 cm³/mol. The SMILES string of the molecule is CCNC1CCc2cc(-c3ccccn3)ccc21. The van der Waals surface area contributed by atoms with Gasteiger partial charge in [0.05, 0.1) is 5.69 Å². The van der Waals surface area contributed by atoms with Gasteiger partial charge in [-0.15, -0.1) is 0 Å². The van der Waals surface area contributed by atoms with Crippen LogP contribution in [0.15, 0.2) is 42.6 Å². The fourth-order valence-corrected chi connectivity index (χ4v) is 2.77. The number of aryl methyl sites for hydroxylation is 1. The average Bonchev–Trinajstić information content (AvgIpc) is 2.83. The Labute approximate surface area is 108 Å². The van der Waals surface area contributed by atoms with Crippen molar-refractivity contribution in [2.75, 3.05) is 6.54 Å². The van der Waals surface area contributed by atoms with E-state index in [0.717, 1.165) is 12.2 Å². The zero-order chi connectivity index (χ0) is 12.4. The van der Waals surface area contributed by atoms with Crippen molar-refractivity contribution in [1.29, 1.82) is 0 Å². The molecule has 0 saturated heterocycles. The molecule has 1 aliphatic carbocycles. The molecule has 0 aliphatic heterocycles. The minimum atomic E-state index is 0.544. The zero-order valence-corrected chi connectivity index (χ0v) is 10.7. The molecule has 2 aromatic rings. The second kappa shape index (κ2) is 4.91. The minimum Gasteiger partial charge on any atom is -0.310 e. The molecule has 92 valence electrons. The first kappa shape index (κ1) is 11.4. The van der Waals surface area contributed by atoms with Crippen LogP contribution in [0.2, 0.25) is 0 Å². The van der Waals surface area contributed by atoms with Gasteiger partial charge in [-0.3, -0.25) is 4.98 Å². The number of pyridine rings is 1. The Morgan fingerprint density at radius 3 is 3.00 bits per heavy atom. The minimum absolute atomic E-state index is 0.544. The molecule has 0 saturated carbocycles. The lowest BCUT2D eigenvalue weighted by Crippen LogP contribution is -2.18. The monoisotopic (exact) mass is 238 g/mol. The Morgan fingerprint density at radius 1 is 1.28 bits per heavy atom. The van der Waals surface area contributed by atoms with Crippen LogP contribution < -0.4 is 5.32 Å². The standard InChI is InChI=1S/C16H18N2/c1-2-17-16-9-7-12-11-13(6-8-14(12)16)15-5-3-4-10-18-15/h3-6,8,10-11,16-17H,2,7,9H2,1H3. The lowest BCUT2D eigenvalue weighted by molar-refractivity contribution is 0.549. The summed E-state index contributed by atoms with van der Waals surface area (Å²) < 4.78 is 0. The molecule has 1 aromatic carbocycles. The van der Waals surface area contributed by atoms with Crippen LogP contribution in [0.25, 0.3) is 11.3 Å². The molecule has 0 spiro atoms. The van der Waals surface area contributed by atoms with E-state index in [1.165, 1.54) is 29.5 Å². The highest BCUT2D eigenvalue weighted by molar-refractivity contribution is 5.61. The average molecular weight is 238 g/mol. The first-order valence-corrected chi connectivity index (χ1v) is 6.66. The summed E-state index contributed by atoms with van der Waals surface area (Å²) in [6.07, 6.45) is 4.24. The summed E-state index contributed by atoms with van der Waals surface area (Å²) in [5.41, 5.74) is 5.24. The van der Waals surface area contributed by atoms with Crippen LogP contribution >= 0.6 is 0 Å². The number of hydrogen-bond donors (Lipinski definition) is 1. The van der Waals surface area contributed by atoms with E-state index in [9.17, 15) is 0 Å². The third-order valence-corrected chi connectivity index (χ3v) is 3.63. The third kappa shape index (κ3) is 2.04. The molecule has 1 heterocycles. The molecule has 0 amide bonds. The summed E-state index contributed by atoms with van der Waals surface area (Å²) in [5.74, 6) is 0. The van der Waals surface area contributed by atoms with Crippen LogP contribution in [-0.4, -0.2) is 11.5 Å².